The molecule has 0 atom stereocenters. The molecule has 0 aromatic carbocycles. The molecule has 0 bridgehead atoms. The predicted molar refractivity (Wildman–Crippen MR) is 62.3 cm³/mol. The van der Waals surface area contributed by atoms with Gasteiger partial charge in [-0.15, -0.1) is 0 Å². The highest BCUT2D eigenvalue weighted by Gasteiger charge is 2.34. The highest BCUT2D eigenvalue weighted by atomic mass is 19.4. The summed E-state index contributed by atoms with van der Waals surface area (Å²) < 4.78 is 75.7. The van der Waals surface area contributed by atoms with Gasteiger partial charge < -0.3 is 0 Å². The van der Waals surface area contributed by atoms with Gasteiger partial charge >= 0.3 is 12.4 Å². The fourth-order valence-electron chi connectivity index (χ4n) is 1.61. The topological polar surface area (TPSA) is 71.6 Å². The van der Waals surface area contributed by atoms with E-state index < -0.39 is 40.6 Å². The molecule has 23 heavy (non-hydrogen) atoms. The first-order valence-corrected chi connectivity index (χ1v) is 5.67. The Labute approximate surface area is 123 Å². The summed E-state index contributed by atoms with van der Waals surface area (Å²) >= 11 is 0. The molecule has 0 saturated heterocycles. The molecule has 120 valence electrons. The third kappa shape index (κ3) is 3.31. The number of nitrogens with zero attached hydrogens (tertiary/aromatic N) is 4. The summed E-state index contributed by atoms with van der Waals surface area (Å²) in [4.78, 5) is 18.0. The van der Waals surface area contributed by atoms with Crippen LogP contribution in [0.4, 0.5) is 26.3 Å². The highest BCUT2D eigenvalue weighted by Crippen LogP contribution is 2.30. The summed E-state index contributed by atoms with van der Waals surface area (Å²) in [5.41, 5.74) is -5.25. The van der Waals surface area contributed by atoms with E-state index in [1.807, 2.05) is 0 Å². The molecule has 2 aromatic heterocycles. The number of halogens is 6. The minimum atomic E-state index is -4.89. The molecule has 0 radical (unpaired) electrons. The summed E-state index contributed by atoms with van der Waals surface area (Å²) in [6, 6.07) is 2.00. The first-order chi connectivity index (χ1) is 10.5. The Morgan fingerprint density at radius 1 is 1.04 bits per heavy atom. The molecule has 5 nitrogen and oxygen atoms in total. The smallest absolute Gasteiger partial charge is 0.269 e. The van der Waals surface area contributed by atoms with Gasteiger partial charge in [0.25, 0.3) is 5.56 Å². The third-order valence-electron chi connectivity index (χ3n) is 2.66. The Morgan fingerprint density at radius 2 is 1.70 bits per heavy atom. The van der Waals surface area contributed by atoms with Crippen molar-refractivity contribution in [1.29, 1.82) is 5.26 Å². The molecule has 0 amide bonds. The maximum absolute atomic E-state index is 12.7. The van der Waals surface area contributed by atoms with Crippen molar-refractivity contribution in [3.05, 3.63) is 52.0 Å². The minimum absolute atomic E-state index is 0.113. The van der Waals surface area contributed by atoms with E-state index in [-0.39, 0.29) is 6.07 Å². The van der Waals surface area contributed by atoms with Crippen LogP contribution in [0.5, 0.6) is 0 Å². The third-order valence-corrected chi connectivity index (χ3v) is 2.66. The lowest BCUT2D eigenvalue weighted by Gasteiger charge is -2.12. The number of alkyl halides is 6. The number of hydrogen-bond acceptors (Lipinski definition) is 4. The van der Waals surface area contributed by atoms with Crippen molar-refractivity contribution in [3.8, 4) is 11.8 Å². The van der Waals surface area contributed by atoms with Crippen LogP contribution in [0, 0.1) is 11.3 Å². The van der Waals surface area contributed by atoms with Gasteiger partial charge in [-0.25, -0.2) is 9.97 Å². The van der Waals surface area contributed by atoms with Crippen LogP contribution >= 0.6 is 0 Å². The second-order valence-electron chi connectivity index (χ2n) is 4.18. The van der Waals surface area contributed by atoms with Crippen LogP contribution in [0.3, 0.4) is 0 Å². The summed E-state index contributed by atoms with van der Waals surface area (Å²) in [5.74, 6) is 0. The van der Waals surface area contributed by atoms with Crippen molar-refractivity contribution >= 4 is 0 Å². The van der Waals surface area contributed by atoms with Crippen LogP contribution in [0.1, 0.15) is 17.0 Å². The van der Waals surface area contributed by atoms with E-state index in [2.05, 4.69) is 9.97 Å². The molecule has 0 fully saturated rings. The fourth-order valence-corrected chi connectivity index (χ4v) is 1.61. The van der Waals surface area contributed by atoms with Gasteiger partial charge in [-0.1, -0.05) is 0 Å². The Kier molecular flexibility index (Phi) is 3.85. The molecule has 0 aliphatic rings. The van der Waals surface area contributed by atoms with Gasteiger partial charge in [0.1, 0.15) is 12.4 Å². The molecule has 0 spiro atoms. The zero-order valence-electron chi connectivity index (χ0n) is 10.8. The SMILES string of the molecule is N#Cc1ncc(C(F)(F)F)cc1-n1cnc(C(F)(F)F)cc1=O. The number of aromatic nitrogens is 3. The number of nitriles is 1. The van der Waals surface area contributed by atoms with Crippen LogP contribution in [-0.4, -0.2) is 14.5 Å². The fraction of sp³-hybridized carbons (Fsp3) is 0.167. The van der Waals surface area contributed by atoms with E-state index in [4.69, 9.17) is 5.26 Å². The minimum Gasteiger partial charge on any atom is -0.269 e. The average molecular weight is 334 g/mol. The molecular formula is C12H4F6N4O. The first kappa shape index (κ1) is 16.5. The van der Waals surface area contributed by atoms with E-state index in [0.717, 1.165) is 0 Å². The summed E-state index contributed by atoms with van der Waals surface area (Å²) in [7, 11) is 0. The van der Waals surface area contributed by atoms with Gasteiger partial charge in [0.05, 0.1) is 11.3 Å². The Bertz CT molecular complexity index is 846. The van der Waals surface area contributed by atoms with Gasteiger partial charge in [0.2, 0.25) is 0 Å². The normalized spacial score (nSPS) is 12.0. The number of pyridine rings is 1. The first-order valence-electron chi connectivity index (χ1n) is 5.67. The van der Waals surface area contributed by atoms with Crippen molar-refractivity contribution in [1.82, 2.24) is 14.5 Å². The van der Waals surface area contributed by atoms with Gasteiger partial charge in [-0.05, 0) is 6.07 Å². The Hall–Kier alpha value is -2.90. The van der Waals surface area contributed by atoms with Crippen molar-refractivity contribution in [3.63, 3.8) is 0 Å². The summed E-state index contributed by atoms with van der Waals surface area (Å²) in [6.07, 6.45) is -8.92. The predicted octanol–water partition coefficient (Wildman–Crippen LogP) is 2.54. The maximum atomic E-state index is 12.7. The lowest BCUT2D eigenvalue weighted by atomic mass is 10.2. The second-order valence-corrected chi connectivity index (χ2v) is 4.18. The molecule has 11 heteroatoms. The molecular weight excluding hydrogens is 330 g/mol. The molecule has 0 aliphatic heterocycles. The van der Waals surface area contributed by atoms with Gasteiger partial charge in [-0.3, -0.25) is 9.36 Å². The van der Waals surface area contributed by atoms with E-state index in [1.165, 1.54) is 6.07 Å². The monoisotopic (exact) mass is 334 g/mol. The molecule has 0 unspecified atom stereocenters. The summed E-state index contributed by atoms with van der Waals surface area (Å²) in [5, 5.41) is 8.84. The van der Waals surface area contributed by atoms with E-state index in [1.54, 1.807) is 0 Å². The lowest BCUT2D eigenvalue weighted by molar-refractivity contribution is -0.141. The van der Waals surface area contributed by atoms with Gasteiger partial charge in [0.15, 0.2) is 11.4 Å². The molecule has 0 saturated carbocycles. The van der Waals surface area contributed by atoms with E-state index >= 15 is 0 Å². The number of rotatable bonds is 1. The number of hydrogen-bond donors (Lipinski definition) is 0. The quantitative estimate of drug-likeness (QED) is 0.752. The van der Waals surface area contributed by atoms with Crippen molar-refractivity contribution < 1.29 is 26.3 Å². The Balaban J connectivity index is 2.67. The molecule has 2 heterocycles. The van der Waals surface area contributed by atoms with Crippen LogP contribution in [0.2, 0.25) is 0 Å². The molecule has 0 N–H and O–H groups in total. The molecule has 0 aliphatic carbocycles. The van der Waals surface area contributed by atoms with Crippen LogP contribution in [0.25, 0.3) is 5.69 Å². The van der Waals surface area contributed by atoms with Crippen LogP contribution in [-0.2, 0) is 12.4 Å². The van der Waals surface area contributed by atoms with Crippen molar-refractivity contribution in [2.24, 2.45) is 0 Å². The zero-order chi connectivity index (χ0) is 17.4. The molecule has 2 rings (SSSR count). The highest BCUT2D eigenvalue weighted by molar-refractivity contribution is 5.46. The summed E-state index contributed by atoms with van der Waals surface area (Å²) in [6.45, 7) is 0. The van der Waals surface area contributed by atoms with Gasteiger partial charge in [-0.2, -0.15) is 31.6 Å². The molecule has 2 aromatic rings. The van der Waals surface area contributed by atoms with Crippen molar-refractivity contribution in [2.75, 3.05) is 0 Å². The zero-order valence-corrected chi connectivity index (χ0v) is 10.8. The van der Waals surface area contributed by atoms with E-state index in [9.17, 15) is 31.1 Å². The average Bonchev–Trinajstić information content (AvgIpc) is 2.44. The van der Waals surface area contributed by atoms with Crippen molar-refractivity contribution in [2.45, 2.75) is 12.4 Å². The largest absolute Gasteiger partial charge is 0.433 e. The maximum Gasteiger partial charge on any atom is 0.433 e. The van der Waals surface area contributed by atoms with Crippen LogP contribution in [0.15, 0.2) is 29.5 Å². The van der Waals surface area contributed by atoms with Crippen LogP contribution < -0.4 is 5.56 Å². The second kappa shape index (κ2) is 5.38. The van der Waals surface area contributed by atoms with Gasteiger partial charge in [0, 0.05) is 12.3 Å². The standard InChI is InChI=1S/C12H4F6N4O/c13-11(14,15)6-1-8(7(3-19)20-4-6)22-5-21-9(2-10(22)23)12(16,17)18/h1-2,4-5H. The van der Waals surface area contributed by atoms with E-state index in [0.29, 0.717) is 23.2 Å². The Morgan fingerprint density at radius 3 is 2.17 bits per heavy atom. The lowest BCUT2D eigenvalue weighted by Crippen LogP contribution is -2.23.